The second-order valence-corrected chi connectivity index (χ2v) is 9.30. The molecule has 1 unspecified atom stereocenters. The maximum Gasteiger partial charge on any atom is 0.253 e. The molecule has 2 aromatic carbocycles. The summed E-state index contributed by atoms with van der Waals surface area (Å²) in [5.74, 6) is 0.297. The number of hydrogen-bond donors (Lipinski definition) is 1. The summed E-state index contributed by atoms with van der Waals surface area (Å²) in [6.07, 6.45) is 1.69. The van der Waals surface area contributed by atoms with Crippen LogP contribution in [0.5, 0.6) is 5.75 Å². The molecule has 0 radical (unpaired) electrons. The Balaban J connectivity index is 1.81. The fraction of sp³-hybridized carbons (Fsp3) is 0.381. The molecule has 0 bridgehead atoms. The first-order chi connectivity index (χ1) is 13.8. The lowest BCUT2D eigenvalue weighted by Crippen LogP contribution is -2.29. The number of rotatable bonds is 7. The van der Waals surface area contributed by atoms with Gasteiger partial charge in [0.15, 0.2) is 0 Å². The molecule has 0 spiro atoms. The van der Waals surface area contributed by atoms with Gasteiger partial charge in [-0.25, -0.2) is 8.42 Å². The highest BCUT2D eigenvalue weighted by Crippen LogP contribution is 2.26. The van der Waals surface area contributed by atoms with Gasteiger partial charge in [0.05, 0.1) is 28.1 Å². The summed E-state index contributed by atoms with van der Waals surface area (Å²) in [6, 6.07) is 11.4. The van der Waals surface area contributed by atoms with Crippen molar-refractivity contribution in [2.24, 2.45) is 0 Å². The van der Waals surface area contributed by atoms with Crippen molar-refractivity contribution < 1.29 is 17.9 Å². The van der Waals surface area contributed by atoms with Gasteiger partial charge in [0.1, 0.15) is 5.75 Å². The Morgan fingerprint density at radius 1 is 1.21 bits per heavy atom. The highest BCUT2D eigenvalue weighted by molar-refractivity contribution is 7.89. The largest absolute Gasteiger partial charge is 0.494 e. The molecule has 1 fully saturated rings. The standard InChI is InChI=1S/C21H25ClN2O4S/c1-3-28-17-8-6-7-16(13-17)15(2)23-21(25)19-14-18(9-10-20(19)22)29(26,27)24-11-4-5-12-24/h6-10,13-15H,3-5,11-12H2,1-2H3,(H,23,25). The molecular formula is C21H25ClN2O4S. The molecule has 29 heavy (non-hydrogen) atoms. The van der Waals surface area contributed by atoms with Gasteiger partial charge in [-0.05, 0) is 62.6 Å². The maximum absolute atomic E-state index is 12.8. The number of halogens is 1. The van der Waals surface area contributed by atoms with Crippen LogP contribution in [-0.4, -0.2) is 38.3 Å². The zero-order chi connectivity index (χ0) is 21.0. The van der Waals surface area contributed by atoms with E-state index in [1.54, 1.807) is 0 Å². The van der Waals surface area contributed by atoms with E-state index in [2.05, 4.69) is 5.32 Å². The van der Waals surface area contributed by atoms with Gasteiger partial charge in [-0.3, -0.25) is 4.79 Å². The number of amides is 1. The van der Waals surface area contributed by atoms with Gasteiger partial charge in [0.25, 0.3) is 5.91 Å². The number of sulfonamides is 1. The number of nitrogens with one attached hydrogen (secondary N) is 1. The Morgan fingerprint density at radius 2 is 1.93 bits per heavy atom. The lowest BCUT2D eigenvalue weighted by atomic mass is 10.1. The molecule has 1 amide bonds. The highest BCUT2D eigenvalue weighted by Gasteiger charge is 2.28. The van der Waals surface area contributed by atoms with Crippen LogP contribution in [0.3, 0.4) is 0 Å². The molecule has 1 saturated heterocycles. The number of benzene rings is 2. The number of carbonyl (C=O) groups excluding carboxylic acids is 1. The predicted molar refractivity (Wildman–Crippen MR) is 113 cm³/mol. The van der Waals surface area contributed by atoms with Gasteiger partial charge < -0.3 is 10.1 Å². The highest BCUT2D eigenvalue weighted by atomic mass is 35.5. The van der Waals surface area contributed by atoms with E-state index in [1.165, 1.54) is 22.5 Å². The van der Waals surface area contributed by atoms with E-state index in [-0.39, 0.29) is 21.5 Å². The molecule has 6 nitrogen and oxygen atoms in total. The lowest BCUT2D eigenvalue weighted by molar-refractivity contribution is 0.0939. The quantitative estimate of drug-likeness (QED) is 0.711. The van der Waals surface area contributed by atoms with E-state index in [4.69, 9.17) is 16.3 Å². The average Bonchev–Trinajstić information content (AvgIpc) is 3.24. The van der Waals surface area contributed by atoms with Crippen LogP contribution in [0.15, 0.2) is 47.4 Å². The summed E-state index contributed by atoms with van der Waals surface area (Å²) < 4.78 is 32.5. The van der Waals surface area contributed by atoms with Crippen LogP contribution in [-0.2, 0) is 10.0 Å². The lowest BCUT2D eigenvalue weighted by Gasteiger charge is -2.18. The SMILES string of the molecule is CCOc1cccc(C(C)NC(=O)c2cc(S(=O)(=O)N3CCCC3)ccc2Cl)c1. The van der Waals surface area contributed by atoms with Crippen LogP contribution < -0.4 is 10.1 Å². The van der Waals surface area contributed by atoms with Crippen LogP contribution >= 0.6 is 11.6 Å². The van der Waals surface area contributed by atoms with E-state index in [0.717, 1.165) is 24.2 Å². The summed E-state index contributed by atoms with van der Waals surface area (Å²) in [6.45, 7) is 5.31. The van der Waals surface area contributed by atoms with E-state index < -0.39 is 15.9 Å². The molecule has 1 atom stereocenters. The minimum Gasteiger partial charge on any atom is -0.494 e. The molecular weight excluding hydrogens is 412 g/mol. The molecule has 1 heterocycles. The fourth-order valence-corrected chi connectivity index (χ4v) is 5.06. The van der Waals surface area contributed by atoms with Crippen molar-refractivity contribution in [2.75, 3.05) is 19.7 Å². The Kier molecular flexibility index (Phi) is 6.82. The molecule has 1 aliphatic rings. The molecule has 2 aromatic rings. The van der Waals surface area contributed by atoms with Crippen molar-refractivity contribution in [1.82, 2.24) is 9.62 Å². The van der Waals surface area contributed by atoms with Crippen molar-refractivity contribution in [1.29, 1.82) is 0 Å². The Labute approximate surface area is 176 Å². The summed E-state index contributed by atoms with van der Waals surface area (Å²) in [4.78, 5) is 12.9. The molecule has 0 aromatic heterocycles. The average molecular weight is 437 g/mol. The van der Waals surface area contributed by atoms with Crippen molar-refractivity contribution in [2.45, 2.75) is 37.6 Å². The van der Waals surface area contributed by atoms with Crippen molar-refractivity contribution in [3.63, 3.8) is 0 Å². The summed E-state index contributed by atoms with van der Waals surface area (Å²) in [5.41, 5.74) is 1.01. The van der Waals surface area contributed by atoms with Gasteiger partial charge in [-0.1, -0.05) is 23.7 Å². The molecule has 1 N–H and O–H groups in total. The predicted octanol–water partition coefficient (Wildman–Crippen LogP) is 4.01. The first kappa shape index (κ1) is 21.6. The van der Waals surface area contributed by atoms with Gasteiger partial charge in [-0.2, -0.15) is 4.31 Å². The van der Waals surface area contributed by atoms with Gasteiger partial charge in [0.2, 0.25) is 10.0 Å². The van der Waals surface area contributed by atoms with Crippen LogP contribution in [0.2, 0.25) is 5.02 Å². The minimum absolute atomic E-state index is 0.0833. The van der Waals surface area contributed by atoms with Crippen molar-refractivity contribution in [3.05, 3.63) is 58.6 Å². The third-order valence-electron chi connectivity index (χ3n) is 4.90. The monoisotopic (exact) mass is 436 g/mol. The third kappa shape index (κ3) is 4.91. The molecule has 156 valence electrons. The second kappa shape index (κ2) is 9.15. The number of carbonyl (C=O) groups is 1. The second-order valence-electron chi connectivity index (χ2n) is 6.95. The van der Waals surface area contributed by atoms with E-state index in [1.807, 2.05) is 38.1 Å². The summed E-state index contributed by atoms with van der Waals surface area (Å²) in [7, 11) is -3.63. The molecule has 1 aliphatic heterocycles. The minimum atomic E-state index is -3.63. The van der Waals surface area contributed by atoms with Crippen molar-refractivity contribution in [3.8, 4) is 5.75 Å². The molecule has 3 rings (SSSR count). The number of nitrogens with zero attached hydrogens (tertiary/aromatic N) is 1. The summed E-state index contributed by atoms with van der Waals surface area (Å²) in [5, 5.41) is 3.09. The smallest absolute Gasteiger partial charge is 0.253 e. The first-order valence-corrected chi connectivity index (χ1v) is 11.5. The Bertz CT molecular complexity index is 988. The topological polar surface area (TPSA) is 75.7 Å². The zero-order valence-corrected chi connectivity index (χ0v) is 18.1. The van der Waals surface area contributed by atoms with Crippen LogP contribution in [0, 0.1) is 0 Å². The number of ether oxygens (including phenoxy) is 1. The Morgan fingerprint density at radius 3 is 2.62 bits per heavy atom. The maximum atomic E-state index is 12.8. The van der Waals surface area contributed by atoms with Gasteiger partial charge in [0, 0.05) is 13.1 Å². The van der Waals surface area contributed by atoms with E-state index in [0.29, 0.717) is 19.7 Å². The normalized spacial score (nSPS) is 15.8. The fourth-order valence-electron chi connectivity index (χ4n) is 3.31. The van der Waals surface area contributed by atoms with Crippen LogP contribution in [0.25, 0.3) is 0 Å². The van der Waals surface area contributed by atoms with Crippen molar-refractivity contribution >= 4 is 27.5 Å². The van der Waals surface area contributed by atoms with E-state index >= 15 is 0 Å². The van der Waals surface area contributed by atoms with Gasteiger partial charge in [-0.15, -0.1) is 0 Å². The summed E-state index contributed by atoms with van der Waals surface area (Å²) >= 11 is 6.21. The third-order valence-corrected chi connectivity index (χ3v) is 7.13. The number of hydrogen-bond acceptors (Lipinski definition) is 4. The van der Waals surface area contributed by atoms with Crippen LogP contribution in [0.1, 0.15) is 48.7 Å². The molecule has 0 saturated carbocycles. The first-order valence-electron chi connectivity index (χ1n) is 9.66. The molecule has 0 aliphatic carbocycles. The van der Waals surface area contributed by atoms with Gasteiger partial charge >= 0.3 is 0 Å². The molecule has 8 heteroatoms. The zero-order valence-electron chi connectivity index (χ0n) is 16.5. The van der Waals surface area contributed by atoms with E-state index in [9.17, 15) is 13.2 Å². The van der Waals surface area contributed by atoms with Crippen LogP contribution in [0.4, 0.5) is 0 Å². The Hall–Kier alpha value is -2.09.